The molecular weight excluding hydrogens is 597 g/mol. The van der Waals surface area contributed by atoms with Gasteiger partial charge in [-0.3, -0.25) is 14.7 Å². The number of fused-ring (bicyclic) bond motifs is 3. The molecule has 2 aromatic carbocycles. The van der Waals surface area contributed by atoms with Crippen LogP contribution in [0.5, 0.6) is 11.8 Å². The van der Waals surface area contributed by atoms with Gasteiger partial charge in [-0.1, -0.05) is 13.0 Å². The van der Waals surface area contributed by atoms with E-state index < -0.39 is 23.3 Å². The van der Waals surface area contributed by atoms with Crippen molar-refractivity contribution in [3.63, 3.8) is 0 Å². The summed E-state index contributed by atoms with van der Waals surface area (Å²) in [6, 6.07) is 5.73. The van der Waals surface area contributed by atoms with Gasteiger partial charge < -0.3 is 20.1 Å². The Hall–Kier alpha value is -4.19. The number of carbonyl (C=O) groups is 1. The Balaban J connectivity index is 1.37. The molecule has 0 radical (unpaired) electrons. The van der Waals surface area contributed by atoms with Crippen molar-refractivity contribution in [2.24, 2.45) is 5.92 Å². The molecule has 3 fully saturated rings. The van der Waals surface area contributed by atoms with E-state index in [-0.39, 0.29) is 47.0 Å². The molecule has 0 bridgehead atoms. The molecule has 4 aromatic rings. The molecule has 3 saturated heterocycles. The lowest BCUT2D eigenvalue weighted by Gasteiger charge is -2.34. The number of nitrogens with zero attached hydrogens (tertiary/aromatic N) is 5. The second-order valence-electron chi connectivity index (χ2n) is 12.7. The second kappa shape index (κ2) is 11.9. The lowest BCUT2D eigenvalue weighted by atomic mass is 9.94. The van der Waals surface area contributed by atoms with Crippen molar-refractivity contribution in [1.82, 2.24) is 25.2 Å². The number of benzene rings is 2. The Morgan fingerprint density at radius 3 is 2.83 bits per heavy atom. The van der Waals surface area contributed by atoms with Gasteiger partial charge in [-0.05, 0) is 73.2 Å². The highest BCUT2D eigenvalue weighted by molar-refractivity contribution is 6.01. The number of aromatic nitrogens is 3. The van der Waals surface area contributed by atoms with Crippen LogP contribution < -0.4 is 15.0 Å². The molecule has 2 aromatic heterocycles. The van der Waals surface area contributed by atoms with Gasteiger partial charge in [-0.2, -0.15) is 9.97 Å². The van der Waals surface area contributed by atoms with E-state index in [0.717, 1.165) is 25.8 Å². The van der Waals surface area contributed by atoms with Crippen LogP contribution in [0.4, 0.5) is 19.0 Å². The van der Waals surface area contributed by atoms with Crippen LogP contribution in [-0.4, -0.2) is 82.4 Å². The summed E-state index contributed by atoms with van der Waals surface area (Å²) in [5.74, 6) is -1.28. The first-order chi connectivity index (χ1) is 22.2. The zero-order chi connectivity index (χ0) is 32.2. The van der Waals surface area contributed by atoms with Crippen molar-refractivity contribution in [2.75, 3.05) is 44.7 Å². The number of nitrogens with one attached hydrogen (secondary N) is 1. The molecule has 3 aliphatic rings. The van der Waals surface area contributed by atoms with Crippen LogP contribution in [0, 0.1) is 17.6 Å². The highest BCUT2D eigenvalue weighted by Crippen LogP contribution is 2.42. The van der Waals surface area contributed by atoms with Crippen LogP contribution >= 0.6 is 0 Å². The summed E-state index contributed by atoms with van der Waals surface area (Å²) in [4.78, 5) is 30.4. The zero-order valence-corrected chi connectivity index (χ0v) is 26.0. The van der Waals surface area contributed by atoms with Gasteiger partial charge in [-0.25, -0.2) is 13.2 Å². The molecule has 1 amide bonds. The van der Waals surface area contributed by atoms with Crippen molar-refractivity contribution in [3.05, 3.63) is 47.7 Å². The molecule has 242 valence electrons. The van der Waals surface area contributed by atoms with E-state index in [4.69, 9.17) is 9.72 Å². The first-order valence-electron chi connectivity index (χ1n) is 16.0. The summed E-state index contributed by atoms with van der Waals surface area (Å²) in [6.45, 7) is 4.09. The van der Waals surface area contributed by atoms with E-state index in [0.29, 0.717) is 66.4 Å². The summed E-state index contributed by atoms with van der Waals surface area (Å²) in [7, 11) is 1.60. The fraction of sp³-hybridized carbons (Fsp3) is 0.471. The van der Waals surface area contributed by atoms with Gasteiger partial charge >= 0.3 is 6.01 Å². The zero-order valence-electron chi connectivity index (χ0n) is 26.0. The van der Waals surface area contributed by atoms with Crippen LogP contribution in [0.25, 0.3) is 32.9 Å². The fourth-order valence-electron chi connectivity index (χ4n) is 7.78. The minimum atomic E-state index is -0.937. The van der Waals surface area contributed by atoms with E-state index in [2.05, 4.69) is 20.2 Å². The molecule has 12 heteroatoms. The number of aryl methyl sites for hydroxylation is 1. The predicted octanol–water partition coefficient (Wildman–Crippen LogP) is 5.31. The van der Waals surface area contributed by atoms with Gasteiger partial charge in [0, 0.05) is 44.9 Å². The Morgan fingerprint density at radius 1 is 1.17 bits per heavy atom. The molecular formula is C34H37F3N6O3. The number of anilines is 1. The minimum absolute atomic E-state index is 0.0476. The van der Waals surface area contributed by atoms with Crippen LogP contribution in [-0.2, 0) is 11.2 Å². The fourth-order valence-corrected chi connectivity index (χ4v) is 7.78. The van der Waals surface area contributed by atoms with Gasteiger partial charge in [0.1, 0.15) is 41.4 Å². The van der Waals surface area contributed by atoms with Crippen LogP contribution in [0.2, 0.25) is 0 Å². The predicted molar refractivity (Wildman–Crippen MR) is 169 cm³/mol. The number of piperidine rings is 1. The summed E-state index contributed by atoms with van der Waals surface area (Å²) >= 11 is 0. The number of carbonyl (C=O) groups excluding carboxylic acids is 1. The average Bonchev–Trinajstić information content (AvgIpc) is 3.59. The number of aromatic hydroxyl groups is 1. The third kappa shape index (κ3) is 5.16. The smallest absolute Gasteiger partial charge is 0.319 e. The first-order valence-corrected chi connectivity index (χ1v) is 16.0. The number of ether oxygens (including phenoxy) is 1. The largest absolute Gasteiger partial charge is 0.508 e. The van der Waals surface area contributed by atoms with E-state index >= 15 is 4.39 Å². The van der Waals surface area contributed by atoms with Crippen LogP contribution in [0.3, 0.4) is 0 Å². The Bertz CT molecular complexity index is 1840. The van der Waals surface area contributed by atoms with Crippen molar-refractivity contribution in [2.45, 2.75) is 57.2 Å². The molecule has 3 aliphatic heterocycles. The number of phenolic OH excluding ortho intramolecular Hbond substituents is 1. The average molecular weight is 635 g/mol. The van der Waals surface area contributed by atoms with Crippen LogP contribution in [0.15, 0.2) is 30.5 Å². The third-order valence-corrected chi connectivity index (χ3v) is 9.97. The Morgan fingerprint density at radius 2 is 2.02 bits per heavy atom. The number of phenols is 1. The number of halogens is 3. The summed E-state index contributed by atoms with van der Waals surface area (Å²) in [6.07, 6.45) is 4.42. The van der Waals surface area contributed by atoms with Crippen molar-refractivity contribution in [3.8, 4) is 23.0 Å². The Kier molecular flexibility index (Phi) is 7.86. The molecule has 3 atom stereocenters. The third-order valence-electron chi connectivity index (χ3n) is 9.97. The van der Waals surface area contributed by atoms with Crippen molar-refractivity contribution < 1.29 is 27.8 Å². The maximum absolute atomic E-state index is 16.8. The maximum atomic E-state index is 16.8. The van der Waals surface area contributed by atoms with E-state index in [1.54, 1.807) is 13.1 Å². The van der Waals surface area contributed by atoms with Crippen molar-refractivity contribution >= 4 is 33.4 Å². The van der Waals surface area contributed by atoms with Crippen LogP contribution in [0.1, 0.15) is 44.6 Å². The molecule has 46 heavy (non-hydrogen) atoms. The number of hydrogen-bond acceptors (Lipinski definition) is 8. The summed E-state index contributed by atoms with van der Waals surface area (Å²) in [5.41, 5.74) is 0.0249. The summed E-state index contributed by atoms with van der Waals surface area (Å²) in [5, 5.41) is 14.6. The standard InChI is InChI=1S/C34H37F3N6O3/c1-3-23-26(36)8-7-19-12-22(44)13-24(27(19)23)29-28(37)30-25(15-39-29)31(42-10-4-6-20(16-42)32(45)38-2)41-33(40-30)46-18-34-9-5-11-43(34)17-21(35)14-34/h7-8,12-13,15,20-21,44H,3-6,9-11,14,16-18H2,1-2H3,(H,38,45)/t20?,21-,34+/m1/s1. The van der Waals surface area contributed by atoms with E-state index in [1.165, 1.54) is 24.4 Å². The SMILES string of the molecule is CCc1c(F)ccc2cc(O)cc(-c3ncc4c(N5CCCC(C(=O)NC)C5)nc(OC[C@@]56CCCN5C[C@H](F)C6)nc4c3F)c12. The molecule has 5 heterocycles. The molecule has 7 rings (SSSR count). The molecule has 0 aliphatic carbocycles. The molecule has 2 N–H and O–H groups in total. The Labute approximate surface area is 264 Å². The van der Waals surface area contributed by atoms with Gasteiger partial charge in [0.25, 0.3) is 0 Å². The molecule has 0 saturated carbocycles. The lowest BCUT2D eigenvalue weighted by Crippen LogP contribution is -2.44. The maximum Gasteiger partial charge on any atom is 0.319 e. The van der Waals surface area contributed by atoms with Gasteiger partial charge in [0.15, 0.2) is 5.82 Å². The molecule has 1 unspecified atom stereocenters. The van der Waals surface area contributed by atoms with E-state index in [1.807, 2.05) is 11.8 Å². The number of amides is 1. The normalized spacial score (nSPS) is 23.3. The summed E-state index contributed by atoms with van der Waals surface area (Å²) < 4.78 is 52.4. The first kappa shape index (κ1) is 30.5. The topological polar surface area (TPSA) is 104 Å². The monoisotopic (exact) mass is 634 g/mol. The number of rotatable bonds is 7. The van der Waals surface area contributed by atoms with Crippen molar-refractivity contribution in [1.29, 1.82) is 0 Å². The van der Waals surface area contributed by atoms with Gasteiger partial charge in [-0.15, -0.1) is 0 Å². The quantitative estimate of drug-likeness (QED) is 0.282. The number of alkyl halides is 1. The van der Waals surface area contributed by atoms with Gasteiger partial charge in [0.2, 0.25) is 5.91 Å². The molecule has 0 spiro atoms. The van der Waals surface area contributed by atoms with E-state index in [9.17, 15) is 18.7 Å². The molecule has 9 nitrogen and oxygen atoms in total. The minimum Gasteiger partial charge on any atom is -0.508 e. The van der Waals surface area contributed by atoms with Gasteiger partial charge in [0.05, 0.1) is 16.8 Å². The second-order valence-corrected chi connectivity index (χ2v) is 12.7. The highest BCUT2D eigenvalue weighted by atomic mass is 19.1. The number of hydrogen-bond donors (Lipinski definition) is 2. The highest BCUT2D eigenvalue weighted by Gasteiger charge is 2.49. The lowest BCUT2D eigenvalue weighted by molar-refractivity contribution is -0.124. The number of pyridine rings is 1.